The number of methoxy groups -OCH3 is 1. The van der Waals surface area contributed by atoms with Crippen LogP contribution >= 0.6 is 24.0 Å². The minimum atomic E-state index is 0. The lowest BCUT2D eigenvalue weighted by Gasteiger charge is -2.41. The Labute approximate surface area is 192 Å². The van der Waals surface area contributed by atoms with Crippen molar-refractivity contribution in [1.29, 1.82) is 0 Å². The molecule has 0 atom stereocenters. The second-order valence-electron chi connectivity index (χ2n) is 7.53. The van der Waals surface area contributed by atoms with Crippen LogP contribution in [0.1, 0.15) is 25.8 Å². The van der Waals surface area contributed by atoms with E-state index in [1.165, 1.54) is 0 Å². The molecule has 0 unspecified atom stereocenters. The van der Waals surface area contributed by atoms with Gasteiger partial charge in [-0.3, -0.25) is 9.89 Å². The first-order valence-electron chi connectivity index (χ1n) is 10.0. The van der Waals surface area contributed by atoms with Crippen LogP contribution in [0.25, 0.3) is 0 Å². The lowest BCUT2D eigenvalue weighted by atomic mass is 10.0. The molecule has 1 aromatic rings. The molecule has 0 spiro atoms. The Kier molecular flexibility index (Phi) is 12.5. The zero-order valence-corrected chi connectivity index (χ0v) is 20.5. The molecule has 1 heterocycles. The highest BCUT2D eigenvalue weighted by Crippen LogP contribution is 2.15. The van der Waals surface area contributed by atoms with E-state index in [4.69, 9.17) is 14.2 Å². The van der Waals surface area contributed by atoms with Gasteiger partial charge in [-0.2, -0.15) is 0 Å². The van der Waals surface area contributed by atoms with Crippen molar-refractivity contribution in [1.82, 2.24) is 15.5 Å². The Morgan fingerprint density at radius 1 is 1.21 bits per heavy atom. The van der Waals surface area contributed by atoms with Crippen LogP contribution in [-0.4, -0.2) is 76.6 Å². The SMILES string of the molecule is CN=C(NCc1cccc(OCCCOC)c1)NCC(C)(C)N1CCOCC1.I. The van der Waals surface area contributed by atoms with E-state index in [1.54, 1.807) is 14.2 Å². The van der Waals surface area contributed by atoms with E-state index in [2.05, 4.69) is 46.5 Å². The molecule has 1 fully saturated rings. The number of benzene rings is 1. The summed E-state index contributed by atoms with van der Waals surface area (Å²) < 4.78 is 16.3. The first-order valence-corrected chi connectivity index (χ1v) is 10.0. The summed E-state index contributed by atoms with van der Waals surface area (Å²) in [5, 5.41) is 6.84. The van der Waals surface area contributed by atoms with Crippen LogP contribution in [0.4, 0.5) is 0 Å². The van der Waals surface area contributed by atoms with Gasteiger partial charge >= 0.3 is 0 Å². The van der Waals surface area contributed by atoms with Gasteiger partial charge in [0, 0.05) is 58.9 Å². The van der Waals surface area contributed by atoms with Crippen molar-refractivity contribution in [3.8, 4) is 5.75 Å². The van der Waals surface area contributed by atoms with Crippen LogP contribution in [-0.2, 0) is 16.0 Å². The number of ether oxygens (including phenoxy) is 3. The molecule has 1 aliphatic rings. The quantitative estimate of drug-likeness (QED) is 0.214. The molecule has 7 nitrogen and oxygen atoms in total. The van der Waals surface area contributed by atoms with Crippen molar-refractivity contribution in [3.05, 3.63) is 29.8 Å². The highest BCUT2D eigenvalue weighted by atomic mass is 127. The molecule has 0 bridgehead atoms. The summed E-state index contributed by atoms with van der Waals surface area (Å²) in [4.78, 5) is 6.81. The minimum Gasteiger partial charge on any atom is -0.493 e. The molecule has 8 heteroatoms. The van der Waals surface area contributed by atoms with Gasteiger partial charge in [-0.1, -0.05) is 12.1 Å². The fourth-order valence-electron chi connectivity index (χ4n) is 3.13. The van der Waals surface area contributed by atoms with Crippen molar-refractivity contribution >= 4 is 29.9 Å². The molecule has 166 valence electrons. The lowest BCUT2D eigenvalue weighted by Crippen LogP contribution is -2.56. The molecular weight excluding hydrogens is 483 g/mol. The molecule has 1 aliphatic heterocycles. The third-order valence-corrected chi connectivity index (χ3v) is 4.90. The van der Waals surface area contributed by atoms with Crippen LogP contribution in [0, 0.1) is 0 Å². The molecule has 1 saturated heterocycles. The maximum absolute atomic E-state index is 5.77. The first kappa shape index (κ1) is 25.9. The van der Waals surface area contributed by atoms with Gasteiger partial charge in [-0.25, -0.2) is 0 Å². The van der Waals surface area contributed by atoms with Gasteiger partial charge in [-0.15, -0.1) is 24.0 Å². The third-order valence-electron chi connectivity index (χ3n) is 4.90. The first-order chi connectivity index (χ1) is 13.5. The monoisotopic (exact) mass is 520 g/mol. The summed E-state index contributed by atoms with van der Waals surface area (Å²) in [5.74, 6) is 1.68. The summed E-state index contributed by atoms with van der Waals surface area (Å²) in [6, 6.07) is 8.14. The predicted octanol–water partition coefficient (Wildman–Crippen LogP) is 2.50. The Morgan fingerprint density at radius 2 is 1.97 bits per heavy atom. The van der Waals surface area contributed by atoms with E-state index in [-0.39, 0.29) is 29.5 Å². The number of nitrogens with one attached hydrogen (secondary N) is 2. The maximum Gasteiger partial charge on any atom is 0.191 e. The minimum absolute atomic E-state index is 0. The van der Waals surface area contributed by atoms with Crippen molar-refractivity contribution in [3.63, 3.8) is 0 Å². The summed E-state index contributed by atoms with van der Waals surface area (Å²) in [6.07, 6.45) is 0.883. The Morgan fingerprint density at radius 3 is 2.66 bits per heavy atom. The highest BCUT2D eigenvalue weighted by Gasteiger charge is 2.28. The van der Waals surface area contributed by atoms with E-state index in [1.807, 2.05) is 12.1 Å². The fraction of sp³-hybridized carbons (Fsp3) is 0.667. The van der Waals surface area contributed by atoms with Crippen LogP contribution in [0.5, 0.6) is 5.75 Å². The van der Waals surface area contributed by atoms with Crippen molar-refractivity contribution in [2.45, 2.75) is 32.4 Å². The van der Waals surface area contributed by atoms with E-state index < -0.39 is 0 Å². The van der Waals surface area contributed by atoms with Gasteiger partial charge in [-0.05, 0) is 31.5 Å². The number of halogens is 1. The Hall–Kier alpha value is -1.10. The molecule has 0 amide bonds. The predicted molar refractivity (Wildman–Crippen MR) is 129 cm³/mol. The van der Waals surface area contributed by atoms with E-state index in [0.29, 0.717) is 19.8 Å². The molecule has 0 aliphatic carbocycles. The van der Waals surface area contributed by atoms with Gasteiger partial charge < -0.3 is 24.8 Å². The van der Waals surface area contributed by atoms with Crippen LogP contribution < -0.4 is 15.4 Å². The molecule has 2 N–H and O–H groups in total. The number of morpholine rings is 1. The van der Waals surface area contributed by atoms with Crippen LogP contribution in [0.15, 0.2) is 29.3 Å². The smallest absolute Gasteiger partial charge is 0.191 e. The largest absolute Gasteiger partial charge is 0.493 e. The lowest BCUT2D eigenvalue weighted by molar-refractivity contribution is -0.00834. The molecule has 1 aromatic carbocycles. The number of nitrogens with zero attached hydrogens (tertiary/aromatic N) is 2. The summed E-state index contributed by atoms with van der Waals surface area (Å²) in [6.45, 7) is 10.9. The number of aliphatic imine (C=N–C) groups is 1. The maximum atomic E-state index is 5.77. The van der Waals surface area contributed by atoms with E-state index >= 15 is 0 Å². The van der Waals surface area contributed by atoms with Crippen molar-refractivity contribution < 1.29 is 14.2 Å². The molecule has 0 aromatic heterocycles. The van der Waals surface area contributed by atoms with Gasteiger partial charge in [0.1, 0.15) is 5.75 Å². The molecule has 0 radical (unpaired) electrons. The number of rotatable bonds is 10. The number of guanidine groups is 1. The third kappa shape index (κ3) is 9.50. The molecule has 29 heavy (non-hydrogen) atoms. The highest BCUT2D eigenvalue weighted by molar-refractivity contribution is 14.0. The van der Waals surface area contributed by atoms with E-state index in [0.717, 1.165) is 56.5 Å². The normalized spacial score (nSPS) is 15.5. The number of hydrogen-bond acceptors (Lipinski definition) is 5. The van der Waals surface area contributed by atoms with E-state index in [9.17, 15) is 0 Å². The van der Waals surface area contributed by atoms with Gasteiger partial charge in [0.2, 0.25) is 0 Å². The van der Waals surface area contributed by atoms with Crippen molar-refractivity contribution in [2.75, 3.05) is 60.2 Å². The summed E-state index contributed by atoms with van der Waals surface area (Å²) in [5.41, 5.74) is 1.19. The Bertz CT molecular complexity index is 607. The summed E-state index contributed by atoms with van der Waals surface area (Å²) >= 11 is 0. The van der Waals surface area contributed by atoms with Gasteiger partial charge in [0.25, 0.3) is 0 Å². The van der Waals surface area contributed by atoms with Crippen LogP contribution in [0.3, 0.4) is 0 Å². The molecule has 0 saturated carbocycles. The fourth-order valence-corrected chi connectivity index (χ4v) is 3.13. The number of hydrogen-bond donors (Lipinski definition) is 2. The zero-order chi connectivity index (χ0) is 20.2. The average Bonchev–Trinajstić information content (AvgIpc) is 2.72. The average molecular weight is 520 g/mol. The van der Waals surface area contributed by atoms with Crippen molar-refractivity contribution in [2.24, 2.45) is 4.99 Å². The summed E-state index contributed by atoms with van der Waals surface area (Å²) in [7, 11) is 3.50. The Balaban J connectivity index is 0.00000420. The molecular formula is C21H37IN4O3. The standard InChI is InChI=1S/C21H36N4O3.HI/c1-21(2,25-9-13-27-14-10-25)17-24-20(22-3)23-16-18-7-5-8-19(15-18)28-12-6-11-26-4;/h5,7-8,15H,6,9-14,16-17H2,1-4H3,(H2,22,23,24);1H. The van der Waals surface area contributed by atoms with Gasteiger partial charge in [0.05, 0.1) is 19.8 Å². The topological polar surface area (TPSA) is 67.4 Å². The zero-order valence-electron chi connectivity index (χ0n) is 18.2. The molecule has 2 rings (SSSR count). The second-order valence-corrected chi connectivity index (χ2v) is 7.53. The van der Waals surface area contributed by atoms with Crippen LogP contribution in [0.2, 0.25) is 0 Å². The van der Waals surface area contributed by atoms with Gasteiger partial charge in [0.15, 0.2) is 5.96 Å². The second kappa shape index (κ2) is 14.0.